The molecule has 0 aromatic rings. The van der Waals surface area contributed by atoms with Gasteiger partial charge in [-0.3, -0.25) is 4.90 Å². The van der Waals surface area contributed by atoms with Crippen molar-refractivity contribution in [2.24, 2.45) is 16.3 Å². The van der Waals surface area contributed by atoms with Gasteiger partial charge in [0.15, 0.2) is 0 Å². The van der Waals surface area contributed by atoms with Crippen LogP contribution in [0.3, 0.4) is 0 Å². The van der Waals surface area contributed by atoms with Crippen molar-refractivity contribution in [1.29, 1.82) is 0 Å². The molecular weight excluding hydrogens is 234 g/mol. The number of hydrogen-bond acceptors (Lipinski definition) is 5. The average molecular weight is 259 g/mol. The van der Waals surface area contributed by atoms with Crippen molar-refractivity contribution in [3.63, 3.8) is 0 Å². The monoisotopic (exact) mass is 259 g/mol. The highest BCUT2D eigenvalue weighted by atomic mass is 16.5. The van der Waals surface area contributed by atoms with Gasteiger partial charge in [0.2, 0.25) is 0 Å². The second kappa shape index (κ2) is 6.36. The lowest BCUT2D eigenvalue weighted by Crippen LogP contribution is -2.36. The van der Waals surface area contributed by atoms with Crippen LogP contribution in [0.15, 0.2) is 5.16 Å². The standard InChI is InChI=1S/C12H25N3O3/c1-12(2,11(13)14-16)5-6-15-7-9(17-3)10(8-15)18-4/h9-10,16H,5-8H2,1-4H3,(H2,13,14). The van der Waals surface area contributed by atoms with Crippen molar-refractivity contribution >= 4 is 5.84 Å². The molecule has 1 aliphatic heterocycles. The van der Waals surface area contributed by atoms with Crippen molar-refractivity contribution in [2.45, 2.75) is 32.5 Å². The Kier molecular flexibility index (Phi) is 5.37. The van der Waals surface area contributed by atoms with Crippen LogP contribution in [0.4, 0.5) is 0 Å². The number of ether oxygens (including phenoxy) is 2. The maximum absolute atomic E-state index is 8.73. The predicted molar refractivity (Wildman–Crippen MR) is 69.8 cm³/mol. The molecule has 3 N–H and O–H groups in total. The minimum atomic E-state index is -0.303. The van der Waals surface area contributed by atoms with Crippen molar-refractivity contribution < 1.29 is 14.7 Å². The molecule has 1 fully saturated rings. The molecule has 1 saturated heterocycles. The van der Waals surface area contributed by atoms with Gasteiger partial charge in [-0.25, -0.2) is 0 Å². The van der Waals surface area contributed by atoms with E-state index in [0.717, 1.165) is 26.1 Å². The average Bonchev–Trinajstić information content (AvgIpc) is 2.77. The number of likely N-dealkylation sites (tertiary alicyclic amines) is 1. The molecule has 0 aromatic heterocycles. The van der Waals surface area contributed by atoms with E-state index in [1.807, 2.05) is 13.8 Å². The fourth-order valence-electron chi connectivity index (χ4n) is 2.15. The largest absolute Gasteiger partial charge is 0.409 e. The number of rotatable bonds is 6. The Balaban J connectivity index is 2.46. The van der Waals surface area contributed by atoms with Crippen LogP contribution in [0.2, 0.25) is 0 Å². The fraction of sp³-hybridized carbons (Fsp3) is 0.917. The first kappa shape index (κ1) is 15.2. The Morgan fingerprint density at radius 3 is 2.22 bits per heavy atom. The Morgan fingerprint density at radius 1 is 1.33 bits per heavy atom. The van der Waals surface area contributed by atoms with E-state index in [-0.39, 0.29) is 23.5 Å². The molecule has 2 atom stereocenters. The zero-order valence-electron chi connectivity index (χ0n) is 11.7. The summed E-state index contributed by atoms with van der Waals surface area (Å²) in [6.07, 6.45) is 1.08. The molecule has 6 heteroatoms. The molecule has 2 unspecified atom stereocenters. The smallest absolute Gasteiger partial charge is 0.144 e. The number of hydrogen-bond donors (Lipinski definition) is 2. The fourth-order valence-corrected chi connectivity index (χ4v) is 2.15. The van der Waals surface area contributed by atoms with Gasteiger partial charge in [-0.15, -0.1) is 0 Å². The molecule has 6 nitrogen and oxygen atoms in total. The molecule has 0 saturated carbocycles. The third-order valence-corrected chi connectivity index (χ3v) is 3.75. The van der Waals surface area contributed by atoms with Crippen molar-refractivity contribution in [2.75, 3.05) is 33.9 Å². The molecule has 1 aliphatic rings. The van der Waals surface area contributed by atoms with Gasteiger partial charge < -0.3 is 20.4 Å². The number of amidine groups is 1. The van der Waals surface area contributed by atoms with Crippen LogP contribution in [0.5, 0.6) is 0 Å². The highest BCUT2D eigenvalue weighted by Crippen LogP contribution is 2.23. The molecule has 0 aromatic carbocycles. The van der Waals surface area contributed by atoms with Gasteiger partial charge in [0.05, 0.1) is 12.2 Å². The normalized spacial score (nSPS) is 26.8. The van der Waals surface area contributed by atoms with Crippen LogP contribution in [0.1, 0.15) is 20.3 Å². The Morgan fingerprint density at radius 2 is 1.83 bits per heavy atom. The molecule has 106 valence electrons. The Hall–Kier alpha value is -0.850. The van der Waals surface area contributed by atoms with Gasteiger partial charge >= 0.3 is 0 Å². The summed E-state index contributed by atoms with van der Waals surface area (Å²) in [6.45, 7) is 6.55. The van der Waals surface area contributed by atoms with Crippen LogP contribution in [0, 0.1) is 5.41 Å². The van der Waals surface area contributed by atoms with Gasteiger partial charge in [-0.05, 0) is 13.0 Å². The number of oxime groups is 1. The third kappa shape index (κ3) is 3.57. The molecule has 0 spiro atoms. The SMILES string of the molecule is COC1CN(CCC(C)(C)C(N)=NO)CC1OC. The topological polar surface area (TPSA) is 80.3 Å². The first-order valence-electron chi connectivity index (χ1n) is 6.20. The highest BCUT2D eigenvalue weighted by molar-refractivity contribution is 5.85. The molecule has 1 heterocycles. The summed E-state index contributed by atoms with van der Waals surface area (Å²) in [4.78, 5) is 2.29. The lowest BCUT2D eigenvalue weighted by Gasteiger charge is -2.25. The Labute approximate surface area is 109 Å². The molecular formula is C12H25N3O3. The van der Waals surface area contributed by atoms with E-state index in [2.05, 4.69) is 10.1 Å². The van der Waals surface area contributed by atoms with Gasteiger partial charge in [0, 0.05) is 32.7 Å². The molecule has 0 radical (unpaired) electrons. The van der Waals surface area contributed by atoms with Gasteiger partial charge in [-0.2, -0.15) is 0 Å². The molecule has 0 amide bonds. The summed E-state index contributed by atoms with van der Waals surface area (Å²) >= 11 is 0. The van der Waals surface area contributed by atoms with Crippen molar-refractivity contribution in [1.82, 2.24) is 4.90 Å². The maximum atomic E-state index is 8.73. The van der Waals surface area contributed by atoms with E-state index in [9.17, 15) is 0 Å². The van der Waals surface area contributed by atoms with E-state index in [4.69, 9.17) is 20.4 Å². The van der Waals surface area contributed by atoms with Crippen LogP contribution in [-0.4, -0.2) is 62.0 Å². The van der Waals surface area contributed by atoms with Crippen LogP contribution < -0.4 is 5.73 Å². The summed E-state index contributed by atoms with van der Waals surface area (Å²) in [7, 11) is 3.42. The minimum Gasteiger partial charge on any atom is -0.409 e. The lowest BCUT2D eigenvalue weighted by atomic mass is 9.88. The van der Waals surface area contributed by atoms with Gasteiger partial charge in [0.1, 0.15) is 5.84 Å². The molecule has 0 bridgehead atoms. The number of nitrogens with two attached hydrogens (primary N) is 1. The van der Waals surface area contributed by atoms with Gasteiger partial charge in [0.25, 0.3) is 0 Å². The van der Waals surface area contributed by atoms with Crippen LogP contribution >= 0.6 is 0 Å². The zero-order valence-corrected chi connectivity index (χ0v) is 11.7. The van der Waals surface area contributed by atoms with Crippen molar-refractivity contribution in [3.8, 4) is 0 Å². The summed E-state index contributed by atoms with van der Waals surface area (Å²) in [5.41, 5.74) is 5.37. The predicted octanol–water partition coefficient (Wildman–Crippen LogP) is 0.495. The number of methoxy groups -OCH3 is 2. The van der Waals surface area contributed by atoms with E-state index in [1.165, 1.54) is 0 Å². The van der Waals surface area contributed by atoms with Crippen LogP contribution in [-0.2, 0) is 9.47 Å². The summed E-state index contributed by atoms with van der Waals surface area (Å²) in [6, 6.07) is 0. The highest BCUT2D eigenvalue weighted by Gasteiger charge is 2.34. The van der Waals surface area contributed by atoms with E-state index < -0.39 is 0 Å². The quantitative estimate of drug-likeness (QED) is 0.314. The van der Waals surface area contributed by atoms with E-state index >= 15 is 0 Å². The van der Waals surface area contributed by atoms with E-state index in [1.54, 1.807) is 14.2 Å². The third-order valence-electron chi connectivity index (χ3n) is 3.75. The maximum Gasteiger partial charge on any atom is 0.144 e. The molecule has 0 aliphatic carbocycles. The lowest BCUT2D eigenvalue weighted by molar-refractivity contribution is -0.00461. The summed E-state index contributed by atoms with van der Waals surface area (Å²) < 4.78 is 10.8. The molecule has 18 heavy (non-hydrogen) atoms. The molecule has 1 rings (SSSR count). The van der Waals surface area contributed by atoms with E-state index in [0.29, 0.717) is 0 Å². The van der Waals surface area contributed by atoms with Gasteiger partial charge in [-0.1, -0.05) is 19.0 Å². The Bertz CT molecular complexity index is 282. The van der Waals surface area contributed by atoms with Crippen LogP contribution in [0.25, 0.3) is 0 Å². The summed E-state index contributed by atoms with van der Waals surface area (Å²) in [5, 5.41) is 11.8. The second-order valence-electron chi connectivity index (χ2n) is 5.43. The number of nitrogens with zero attached hydrogens (tertiary/aromatic N) is 2. The van der Waals surface area contributed by atoms with Crippen molar-refractivity contribution in [3.05, 3.63) is 0 Å². The second-order valence-corrected chi connectivity index (χ2v) is 5.43. The summed E-state index contributed by atoms with van der Waals surface area (Å²) in [5.74, 6) is 0.272. The zero-order chi connectivity index (χ0) is 13.8. The minimum absolute atomic E-state index is 0.127. The first-order chi connectivity index (χ1) is 8.44. The first-order valence-corrected chi connectivity index (χ1v) is 6.20.